The van der Waals surface area contributed by atoms with Gasteiger partial charge >= 0.3 is 11.8 Å². The van der Waals surface area contributed by atoms with E-state index in [1.807, 2.05) is 25.9 Å². The van der Waals surface area contributed by atoms with Crippen molar-refractivity contribution in [1.29, 1.82) is 0 Å². The third kappa shape index (κ3) is 7.39. The van der Waals surface area contributed by atoms with Crippen LogP contribution in [0.1, 0.15) is 44.0 Å². The average Bonchev–Trinajstić information content (AvgIpc) is 3.29. The molecule has 2 aromatic rings. The lowest BCUT2D eigenvalue weighted by atomic mass is 10.2. The molecule has 0 spiro atoms. The SMILES string of the molecule is CCN(CCC(C)N(C)C)C(=O)CCc1nccn1CC(=O)OCc1oc(=O)oc1C. The zero-order valence-corrected chi connectivity index (χ0v) is 18.9. The van der Waals surface area contributed by atoms with E-state index < -0.39 is 11.8 Å². The molecule has 1 amide bonds. The van der Waals surface area contributed by atoms with Crippen molar-refractivity contribution >= 4 is 11.9 Å². The maximum Gasteiger partial charge on any atom is 0.519 e. The highest BCUT2D eigenvalue weighted by molar-refractivity contribution is 5.76. The third-order valence-electron chi connectivity index (χ3n) is 5.30. The van der Waals surface area contributed by atoms with Crippen LogP contribution in [0.4, 0.5) is 0 Å². The highest BCUT2D eigenvalue weighted by Gasteiger charge is 2.17. The summed E-state index contributed by atoms with van der Waals surface area (Å²) >= 11 is 0. The first-order valence-corrected chi connectivity index (χ1v) is 10.4. The third-order valence-corrected chi connectivity index (χ3v) is 5.30. The topological polar surface area (TPSA) is 111 Å². The van der Waals surface area contributed by atoms with Gasteiger partial charge in [-0.1, -0.05) is 0 Å². The minimum atomic E-state index is -0.831. The van der Waals surface area contributed by atoms with E-state index in [1.165, 1.54) is 0 Å². The zero-order chi connectivity index (χ0) is 23.0. The Balaban J connectivity index is 1.84. The lowest BCUT2D eigenvalue weighted by Crippen LogP contribution is -2.36. The Morgan fingerprint density at radius 1 is 1.29 bits per heavy atom. The molecule has 10 nitrogen and oxygen atoms in total. The summed E-state index contributed by atoms with van der Waals surface area (Å²) in [6, 6.07) is 0.394. The van der Waals surface area contributed by atoms with E-state index in [4.69, 9.17) is 13.6 Å². The Hall–Kier alpha value is -2.88. The van der Waals surface area contributed by atoms with Gasteiger partial charge in [-0.15, -0.1) is 0 Å². The predicted octanol–water partition coefficient (Wildman–Crippen LogP) is 1.60. The number of hydrogen-bond donors (Lipinski definition) is 0. The van der Waals surface area contributed by atoms with Gasteiger partial charge in [0.25, 0.3) is 0 Å². The molecule has 0 fully saturated rings. The molecule has 1 atom stereocenters. The molecule has 0 radical (unpaired) electrons. The Morgan fingerprint density at radius 3 is 2.65 bits per heavy atom. The molecule has 10 heteroatoms. The van der Waals surface area contributed by atoms with E-state index in [0.29, 0.717) is 37.8 Å². The molecule has 0 N–H and O–H groups in total. The summed E-state index contributed by atoms with van der Waals surface area (Å²) in [5, 5.41) is 0. The van der Waals surface area contributed by atoms with E-state index in [1.54, 1.807) is 23.9 Å². The molecule has 0 aromatic carbocycles. The number of carbonyl (C=O) groups excluding carboxylic acids is 2. The minimum Gasteiger partial charge on any atom is -0.456 e. The van der Waals surface area contributed by atoms with E-state index in [9.17, 15) is 14.4 Å². The predicted molar refractivity (Wildman–Crippen MR) is 112 cm³/mol. The highest BCUT2D eigenvalue weighted by atomic mass is 16.6. The van der Waals surface area contributed by atoms with Crippen molar-refractivity contribution < 1.29 is 23.2 Å². The van der Waals surface area contributed by atoms with Crippen LogP contribution in [-0.2, 0) is 33.9 Å². The molecular weight excluding hydrogens is 404 g/mol. The Kier molecular flexibility index (Phi) is 9.04. The molecule has 1 unspecified atom stereocenters. The number of aromatic nitrogens is 2. The fourth-order valence-electron chi connectivity index (χ4n) is 2.99. The van der Waals surface area contributed by atoms with Crippen LogP contribution in [0.5, 0.6) is 0 Å². The summed E-state index contributed by atoms with van der Waals surface area (Å²) in [4.78, 5) is 44.1. The van der Waals surface area contributed by atoms with Crippen LogP contribution in [0.2, 0.25) is 0 Å². The van der Waals surface area contributed by atoms with Crippen molar-refractivity contribution in [3.05, 3.63) is 40.4 Å². The van der Waals surface area contributed by atoms with Crippen molar-refractivity contribution in [2.75, 3.05) is 27.2 Å². The largest absolute Gasteiger partial charge is 0.519 e. The molecule has 31 heavy (non-hydrogen) atoms. The fraction of sp³-hybridized carbons (Fsp3) is 0.619. The second-order valence-corrected chi connectivity index (χ2v) is 7.64. The van der Waals surface area contributed by atoms with Gasteiger partial charge in [0.1, 0.15) is 12.4 Å². The molecule has 0 aliphatic carbocycles. The van der Waals surface area contributed by atoms with Gasteiger partial charge in [-0.2, -0.15) is 0 Å². The molecule has 0 aliphatic heterocycles. The van der Waals surface area contributed by atoms with Crippen molar-refractivity contribution in [3.63, 3.8) is 0 Å². The zero-order valence-electron chi connectivity index (χ0n) is 18.9. The van der Waals surface area contributed by atoms with Gasteiger partial charge < -0.3 is 27.9 Å². The maximum atomic E-state index is 12.6. The molecule has 0 bridgehead atoms. The van der Waals surface area contributed by atoms with Gasteiger partial charge in [0.15, 0.2) is 18.1 Å². The Bertz CT molecular complexity index is 913. The molecule has 0 saturated heterocycles. The quantitative estimate of drug-likeness (QED) is 0.461. The number of nitrogens with zero attached hydrogens (tertiary/aromatic N) is 4. The Morgan fingerprint density at radius 2 is 2.03 bits per heavy atom. The molecule has 172 valence electrons. The number of esters is 1. The van der Waals surface area contributed by atoms with Crippen LogP contribution < -0.4 is 5.82 Å². The second-order valence-electron chi connectivity index (χ2n) is 7.64. The van der Waals surface area contributed by atoms with Crippen LogP contribution in [0.15, 0.2) is 26.0 Å². The smallest absolute Gasteiger partial charge is 0.456 e. The van der Waals surface area contributed by atoms with E-state index in [2.05, 4.69) is 16.8 Å². The highest BCUT2D eigenvalue weighted by Crippen LogP contribution is 2.09. The number of carbonyl (C=O) groups is 2. The van der Waals surface area contributed by atoms with Crippen LogP contribution in [-0.4, -0.2) is 64.5 Å². The first-order valence-electron chi connectivity index (χ1n) is 10.4. The number of rotatable bonds is 12. The van der Waals surface area contributed by atoms with Gasteiger partial charge in [-0.25, -0.2) is 9.78 Å². The molecule has 0 saturated carbocycles. The molecule has 2 aromatic heterocycles. The molecule has 2 rings (SSSR count). The van der Waals surface area contributed by atoms with Gasteiger partial charge in [0.05, 0.1) is 0 Å². The van der Waals surface area contributed by atoms with Crippen LogP contribution >= 0.6 is 0 Å². The normalized spacial score (nSPS) is 12.2. The van der Waals surface area contributed by atoms with E-state index >= 15 is 0 Å². The standard InChI is InChI=1S/C21H32N4O6/c1-6-24(11-9-15(2)23(4)5)19(26)8-7-18-22-10-12-25(18)13-20(27)29-14-17-16(3)30-21(28)31-17/h10,12,15H,6-9,11,13-14H2,1-5H3. The molecular formula is C21H32N4O6. The summed E-state index contributed by atoms with van der Waals surface area (Å²) in [6.45, 7) is 6.79. The number of imidazole rings is 1. The summed E-state index contributed by atoms with van der Waals surface area (Å²) < 4.78 is 16.3. The monoisotopic (exact) mass is 436 g/mol. The number of hydrogen-bond acceptors (Lipinski definition) is 8. The van der Waals surface area contributed by atoms with Crippen LogP contribution in [0, 0.1) is 6.92 Å². The molecule has 0 aliphatic rings. The summed E-state index contributed by atoms with van der Waals surface area (Å²) in [7, 11) is 4.06. The van der Waals surface area contributed by atoms with Gasteiger partial charge in [-0.05, 0) is 41.3 Å². The van der Waals surface area contributed by atoms with Crippen molar-refractivity contribution in [3.8, 4) is 0 Å². The van der Waals surface area contributed by atoms with E-state index in [0.717, 1.165) is 6.42 Å². The van der Waals surface area contributed by atoms with Crippen molar-refractivity contribution in [1.82, 2.24) is 19.4 Å². The van der Waals surface area contributed by atoms with Crippen molar-refractivity contribution in [2.45, 2.75) is 59.2 Å². The second kappa shape index (κ2) is 11.5. The maximum absolute atomic E-state index is 12.6. The summed E-state index contributed by atoms with van der Waals surface area (Å²) in [6.07, 6.45) is 4.90. The number of ether oxygens (including phenoxy) is 1. The first-order chi connectivity index (χ1) is 14.7. The van der Waals surface area contributed by atoms with Gasteiger partial charge in [0, 0.05) is 44.4 Å². The molecule has 2 heterocycles. The first kappa shape index (κ1) is 24.4. The van der Waals surface area contributed by atoms with Crippen LogP contribution in [0.3, 0.4) is 0 Å². The number of amides is 1. The van der Waals surface area contributed by atoms with Crippen LogP contribution in [0.25, 0.3) is 0 Å². The van der Waals surface area contributed by atoms with Gasteiger partial charge in [0.2, 0.25) is 5.91 Å². The average molecular weight is 437 g/mol. The lowest BCUT2D eigenvalue weighted by Gasteiger charge is -2.25. The lowest BCUT2D eigenvalue weighted by molar-refractivity contribution is -0.146. The fourth-order valence-corrected chi connectivity index (χ4v) is 2.99. The van der Waals surface area contributed by atoms with Gasteiger partial charge in [-0.3, -0.25) is 9.59 Å². The number of aryl methyl sites for hydroxylation is 2. The summed E-state index contributed by atoms with van der Waals surface area (Å²) in [5.74, 6) is -0.188. The van der Waals surface area contributed by atoms with Crippen molar-refractivity contribution in [2.24, 2.45) is 0 Å². The minimum absolute atomic E-state index is 0.0531. The summed E-state index contributed by atoms with van der Waals surface area (Å²) in [5.41, 5.74) is 0. The Labute approximate surface area is 181 Å². The van der Waals surface area contributed by atoms with E-state index in [-0.39, 0.29) is 30.6 Å².